The summed E-state index contributed by atoms with van der Waals surface area (Å²) in [6.45, 7) is 8.59. The van der Waals surface area contributed by atoms with Crippen LogP contribution in [0.4, 0.5) is 0 Å². The van der Waals surface area contributed by atoms with Crippen molar-refractivity contribution in [2.45, 2.75) is 31.7 Å². The van der Waals surface area contributed by atoms with Crippen LogP contribution in [-0.2, 0) is 10.0 Å². The fraction of sp³-hybridized carbons (Fsp3) is 0.600. The highest BCUT2D eigenvalue weighted by Gasteiger charge is 2.30. The molecule has 0 amide bonds. The van der Waals surface area contributed by atoms with Gasteiger partial charge in [0.15, 0.2) is 0 Å². The van der Waals surface area contributed by atoms with E-state index in [1.165, 1.54) is 0 Å². The molecule has 1 aromatic rings. The molecule has 1 heterocycles. The molecule has 0 bridgehead atoms. The van der Waals surface area contributed by atoms with Gasteiger partial charge in [0.2, 0.25) is 10.0 Å². The number of nitrogens with zero attached hydrogens (tertiary/aromatic N) is 1. The quantitative estimate of drug-likeness (QED) is 0.885. The van der Waals surface area contributed by atoms with E-state index in [4.69, 9.17) is 4.74 Å². The van der Waals surface area contributed by atoms with E-state index in [-0.39, 0.29) is 18.4 Å². The Morgan fingerprint density at radius 2 is 1.95 bits per heavy atom. The maximum absolute atomic E-state index is 12.6. The van der Waals surface area contributed by atoms with Gasteiger partial charge < -0.3 is 10.1 Å². The van der Waals surface area contributed by atoms with E-state index >= 15 is 0 Å². The van der Waals surface area contributed by atoms with Gasteiger partial charge in [-0.1, -0.05) is 13.8 Å². The van der Waals surface area contributed by atoms with Crippen molar-refractivity contribution in [1.82, 2.24) is 9.62 Å². The van der Waals surface area contributed by atoms with Gasteiger partial charge in [-0.3, -0.25) is 0 Å². The Morgan fingerprint density at radius 3 is 2.50 bits per heavy atom. The van der Waals surface area contributed by atoms with E-state index in [0.717, 1.165) is 0 Å². The zero-order valence-corrected chi connectivity index (χ0v) is 14.9. The predicted octanol–water partition coefficient (Wildman–Crippen LogP) is 2.13. The van der Waals surface area contributed by atoms with Crippen LogP contribution in [0.25, 0.3) is 0 Å². The first-order valence-corrected chi connectivity index (χ1v) is 8.80. The Morgan fingerprint density at radius 1 is 1.32 bits per heavy atom. The standard InChI is InChI=1S/C15H24N2O3S.ClH/c1-12(2)11-20-14-4-6-15(7-5-14)21(18,19)17-9-8-16-10-13(17)3;/h4-7,12-13,16H,8-11H2,1-3H3;1H/t13-;/m1./s1. The first kappa shape index (κ1) is 19.2. The van der Waals surface area contributed by atoms with Crippen LogP contribution in [0, 0.1) is 5.92 Å². The molecule has 1 N–H and O–H groups in total. The van der Waals surface area contributed by atoms with E-state index in [1.54, 1.807) is 28.6 Å². The Kier molecular flexibility index (Phi) is 7.12. The van der Waals surface area contributed by atoms with Crippen LogP contribution < -0.4 is 10.1 Å². The number of nitrogens with one attached hydrogen (secondary N) is 1. The Labute approximate surface area is 139 Å². The van der Waals surface area contributed by atoms with E-state index < -0.39 is 10.0 Å². The number of piperazine rings is 1. The van der Waals surface area contributed by atoms with Gasteiger partial charge in [-0.05, 0) is 37.1 Å². The van der Waals surface area contributed by atoms with Gasteiger partial charge in [-0.15, -0.1) is 12.4 Å². The normalized spacial score (nSPS) is 19.7. The van der Waals surface area contributed by atoms with Gasteiger partial charge in [0.1, 0.15) is 5.75 Å². The molecule has 22 heavy (non-hydrogen) atoms. The maximum Gasteiger partial charge on any atom is 0.243 e. The molecular weight excluding hydrogens is 324 g/mol. The van der Waals surface area contributed by atoms with Crippen molar-refractivity contribution in [3.05, 3.63) is 24.3 Å². The summed E-state index contributed by atoms with van der Waals surface area (Å²) in [6.07, 6.45) is 0. The van der Waals surface area contributed by atoms with Crippen molar-refractivity contribution in [2.75, 3.05) is 26.2 Å². The molecule has 0 unspecified atom stereocenters. The van der Waals surface area contributed by atoms with Crippen LogP contribution in [0.3, 0.4) is 0 Å². The van der Waals surface area contributed by atoms with Crippen LogP contribution in [0.15, 0.2) is 29.2 Å². The molecule has 0 saturated carbocycles. The van der Waals surface area contributed by atoms with Crippen LogP contribution in [0.1, 0.15) is 20.8 Å². The molecule has 7 heteroatoms. The SMILES string of the molecule is CC(C)COc1ccc(S(=O)(=O)N2CCNC[C@H]2C)cc1.Cl. The number of halogens is 1. The van der Waals surface area contributed by atoms with Crippen molar-refractivity contribution in [2.24, 2.45) is 5.92 Å². The number of sulfonamides is 1. The zero-order chi connectivity index (χ0) is 15.5. The lowest BCUT2D eigenvalue weighted by atomic mass is 10.2. The smallest absolute Gasteiger partial charge is 0.243 e. The molecule has 0 radical (unpaired) electrons. The zero-order valence-electron chi connectivity index (χ0n) is 13.3. The summed E-state index contributed by atoms with van der Waals surface area (Å²) in [7, 11) is -3.42. The second-order valence-electron chi connectivity index (χ2n) is 5.85. The molecule has 1 aromatic carbocycles. The number of rotatable bonds is 5. The Hall–Kier alpha value is -0.820. The average molecular weight is 349 g/mol. The van der Waals surface area contributed by atoms with Crippen LogP contribution in [-0.4, -0.2) is 45.0 Å². The summed E-state index contributed by atoms with van der Waals surface area (Å²) >= 11 is 0. The minimum atomic E-state index is -3.42. The molecule has 5 nitrogen and oxygen atoms in total. The minimum absolute atomic E-state index is 0. The Balaban J connectivity index is 0.00000242. The maximum atomic E-state index is 12.6. The van der Waals surface area contributed by atoms with Gasteiger partial charge in [-0.2, -0.15) is 4.31 Å². The molecule has 0 aliphatic carbocycles. The van der Waals surface area contributed by atoms with E-state index in [2.05, 4.69) is 19.2 Å². The molecule has 1 atom stereocenters. The molecule has 2 rings (SSSR count). The summed E-state index contributed by atoms with van der Waals surface area (Å²) in [5, 5.41) is 3.20. The lowest BCUT2D eigenvalue weighted by Gasteiger charge is -2.32. The van der Waals surface area contributed by atoms with Crippen molar-refractivity contribution in [3.8, 4) is 5.75 Å². The second kappa shape index (κ2) is 8.15. The van der Waals surface area contributed by atoms with E-state index in [1.807, 2.05) is 6.92 Å². The molecule has 1 saturated heterocycles. The third-order valence-electron chi connectivity index (χ3n) is 3.45. The summed E-state index contributed by atoms with van der Waals surface area (Å²) < 4.78 is 32.4. The topological polar surface area (TPSA) is 58.6 Å². The first-order valence-electron chi connectivity index (χ1n) is 7.36. The molecule has 1 aliphatic heterocycles. The second-order valence-corrected chi connectivity index (χ2v) is 7.74. The highest BCUT2D eigenvalue weighted by molar-refractivity contribution is 7.89. The highest BCUT2D eigenvalue weighted by atomic mass is 35.5. The third kappa shape index (κ3) is 4.59. The molecule has 1 aliphatic rings. The van der Waals surface area contributed by atoms with Gasteiger partial charge in [0.05, 0.1) is 11.5 Å². The number of hydrogen-bond donors (Lipinski definition) is 1. The monoisotopic (exact) mass is 348 g/mol. The van der Waals surface area contributed by atoms with Crippen molar-refractivity contribution < 1.29 is 13.2 Å². The molecule has 1 fully saturated rings. The van der Waals surface area contributed by atoms with Gasteiger partial charge >= 0.3 is 0 Å². The van der Waals surface area contributed by atoms with Crippen LogP contribution >= 0.6 is 12.4 Å². The molecule has 126 valence electrons. The van der Waals surface area contributed by atoms with E-state index in [0.29, 0.717) is 42.8 Å². The average Bonchev–Trinajstić information content (AvgIpc) is 2.46. The minimum Gasteiger partial charge on any atom is -0.493 e. The Bertz CT molecular complexity index is 561. The predicted molar refractivity (Wildman–Crippen MR) is 90.2 cm³/mol. The fourth-order valence-corrected chi connectivity index (χ4v) is 3.92. The summed E-state index contributed by atoms with van der Waals surface area (Å²) in [6, 6.07) is 6.67. The third-order valence-corrected chi connectivity index (χ3v) is 5.48. The lowest BCUT2D eigenvalue weighted by Crippen LogP contribution is -2.52. The van der Waals surface area contributed by atoms with Crippen LogP contribution in [0.5, 0.6) is 5.75 Å². The summed E-state index contributed by atoms with van der Waals surface area (Å²) in [5.41, 5.74) is 0. The van der Waals surface area contributed by atoms with Crippen molar-refractivity contribution >= 4 is 22.4 Å². The summed E-state index contributed by atoms with van der Waals surface area (Å²) in [4.78, 5) is 0.327. The molecule has 0 aromatic heterocycles. The van der Waals surface area contributed by atoms with Crippen molar-refractivity contribution in [1.29, 1.82) is 0 Å². The first-order chi connectivity index (χ1) is 9.91. The highest BCUT2D eigenvalue weighted by Crippen LogP contribution is 2.22. The van der Waals surface area contributed by atoms with Gasteiger partial charge in [0.25, 0.3) is 0 Å². The number of hydrogen-bond acceptors (Lipinski definition) is 4. The molecular formula is C15H25ClN2O3S. The lowest BCUT2D eigenvalue weighted by molar-refractivity contribution is 0.270. The van der Waals surface area contributed by atoms with Gasteiger partial charge in [-0.25, -0.2) is 8.42 Å². The van der Waals surface area contributed by atoms with Crippen molar-refractivity contribution in [3.63, 3.8) is 0 Å². The van der Waals surface area contributed by atoms with Gasteiger partial charge in [0, 0.05) is 25.7 Å². The number of benzene rings is 1. The number of ether oxygens (including phenoxy) is 1. The largest absolute Gasteiger partial charge is 0.493 e. The fourth-order valence-electron chi connectivity index (χ4n) is 2.29. The van der Waals surface area contributed by atoms with Crippen LogP contribution in [0.2, 0.25) is 0 Å². The molecule has 0 spiro atoms. The van der Waals surface area contributed by atoms with E-state index in [9.17, 15) is 8.42 Å². The summed E-state index contributed by atoms with van der Waals surface area (Å²) in [5.74, 6) is 1.14.